The highest BCUT2D eigenvalue weighted by molar-refractivity contribution is 6.06. The number of carbonyl (C=O) groups is 1. The van der Waals surface area contributed by atoms with E-state index in [-0.39, 0.29) is 11.7 Å². The summed E-state index contributed by atoms with van der Waals surface area (Å²) in [6, 6.07) is 0. The third-order valence-corrected chi connectivity index (χ3v) is 4.22. The fourth-order valence-electron chi connectivity index (χ4n) is 2.56. The summed E-state index contributed by atoms with van der Waals surface area (Å²) in [5.74, 6) is -0.146. The van der Waals surface area contributed by atoms with E-state index in [0.29, 0.717) is 19.4 Å². The van der Waals surface area contributed by atoms with E-state index in [9.17, 15) is 4.79 Å². The van der Waals surface area contributed by atoms with Gasteiger partial charge >= 0.3 is 0 Å². The number of oxime groups is 1. The number of hydrogen-bond acceptors (Lipinski definition) is 4. The molecule has 6 heteroatoms. The molecule has 0 spiro atoms. The minimum Gasteiger partial charge on any atom is -0.409 e. The SMILES string of the molecule is COC(C)(C)CNC(=O)C1(C(N)=NO)CCCCCC1. The lowest BCUT2D eigenvalue weighted by atomic mass is 9.78. The highest BCUT2D eigenvalue weighted by Crippen LogP contribution is 2.35. The van der Waals surface area contributed by atoms with Crippen LogP contribution in [0.15, 0.2) is 5.16 Å². The zero-order valence-electron chi connectivity index (χ0n) is 12.7. The number of ether oxygens (including phenoxy) is 1. The summed E-state index contributed by atoms with van der Waals surface area (Å²) in [5.41, 5.74) is 4.52. The molecule has 0 heterocycles. The second kappa shape index (κ2) is 6.92. The Kier molecular flexibility index (Phi) is 5.80. The summed E-state index contributed by atoms with van der Waals surface area (Å²) < 4.78 is 5.29. The Morgan fingerprint density at radius 1 is 1.35 bits per heavy atom. The highest BCUT2D eigenvalue weighted by atomic mass is 16.5. The molecule has 0 aromatic rings. The van der Waals surface area contributed by atoms with E-state index >= 15 is 0 Å². The summed E-state index contributed by atoms with van der Waals surface area (Å²) in [4.78, 5) is 12.6. The molecule has 1 saturated carbocycles. The standard InChI is InChI=1S/C14H27N3O3/c1-13(2,20-3)10-16-12(18)14(11(15)17-19)8-6-4-5-7-9-14/h19H,4-10H2,1-3H3,(H2,15,17)(H,16,18). The van der Waals surface area contributed by atoms with E-state index < -0.39 is 11.0 Å². The first kappa shape index (κ1) is 16.8. The van der Waals surface area contributed by atoms with Gasteiger partial charge in [0.2, 0.25) is 5.91 Å². The number of nitrogens with zero attached hydrogens (tertiary/aromatic N) is 1. The van der Waals surface area contributed by atoms with Crippen LogP contribution in [0.2, 0.25) is 0 Å². The van der Waals surface area contributed by atoms with Gasteiger partial charge < -0.3 is 21.0 Å². The zero-order valence-corrected chi connectivity index (χ0v) is 12.7. The molecule has 0 saturated heterocycles. The smallest absolute Gasteiger partial charge is 0.234 e. The van der Waals surface area contributed by atoms with Crippen LogP contribution < -0.4 is 11.1 Å². The number of methoxy groups -OCH3 is 1. The van der Waals surface area contributed by atoms with E-state index in [0.717, 1.165) is 25.7 Å². The molecule has 0 bridgehead atoms. The summed E-state index contributed by atoms with van der Waals surface area (Å²) in [6.45, 7) is 4.19. The Morgan fingerprint density at radius 3 is 2.35 bits per heavy atom. The van der Waals surface area contributed by atoms with Crippen LogP contribution in [0.5, 0.6) is 0 Å². The minimum atomic E-state index is -0.880. The average molecular weight is 285 g/mol. The molecule has 116 valence electrons. The number of amidine groups is 1. The molecule has 0 aromatic heterocycles. The summed E-state index contributed by atoms with van der Waals surface area (Å²) >= 11 is 0. The molecule has 0 aromatic carbocycles. The van der Waals surface area contributed by atoms with Crippen molar-refractivity contribution < 1.29 is 14.7 Å². The summed E-state index contributed by atoms with van der Waals surface area (Å²) in [7, 11) is 1.61. The minimum absolute atomic E-state index is 0.0205. The number of carbonyl (C=O) groups excluding carboxylic acids is 1. The number of nitrogens with one attached hydrogen (secondary N) is 1. The van der Waals surface area contributed by atoms with Crippen molar-refractivity contribution >= 4 is 11.7 Å². The van der Waals surface area contributed by atoms with Crippen LogP contribution in [0.1, 0.15) is 52.4 Å². The van der Waals surface area contributed by atoms with E-state index in [2.05, 4.69) is 10.5 Å². The zero-order chi connectivity index (χ0) is 15.2. The third-order valence-electron chi connectivity index (χ3n) is 4.22. The Bertz CT molecular complexity index is 359. The van der Waals surface area contributed by atoms with Gasteiger partial charge in [-0.3, -0.25) is 4.79 Å². The second-order valence-electron chi connectivity index (χ2n) is 6.13. The van der Waals surface area contributed by atoms with Crippen molar-refractivity contribution in [1.29, 1.82) is 0 Å². The maximum atomic E-state index is 12.6. The number of nitrogens with two attached hydrogens (primary N) is 1. The molecule has 0 radical (unpaired) electrons. The maximum Gasteiger partial charge on any atom is 0.234 e. The monoisotopic (exact) mass is 285 g/mol. The normalized spacial score (nSPS) is 20.2. The van der Waals surface area contributed by atoms with Crippen molar-refractivity contribution in [3.8, 4) is 0 Å². The van der Waals surface area contributed by atoms with Crippen LogP contribution >= 0.6 is 0 Å². The molecule has 1 rings (SSSR count). The molecule has 0 atom stereocenters. The van der Waals surface area contributed by atoms with Crippen molar-refractivity contribution in [3.63, 3.8) is 0 Å². The van der Waals surface area contributed by atoms with Gasteiger partial charge in [-0.1, -0.05) is 30.8 Å². The van der Waals surface area contributed by atoms with E-state index in [1.807, 2.05) is 13.8 Å². The van der Waals surface area contributed by atoms with Crippen LogP contribution in [0.25, 0.3) is 0 Å². The first-order valence-corrected chi connectivity index (χ1v) is 7.19. The Labute approximate surface area is 120 Å². The lowest BCUT2D eigenvalue weighted by Crippen LogP contribution is -2.52. The van der Waals surface area contributed by atoms with Gasteiger partial charge in [-0.2, -0.15) is 0 Å². The largest absolute Gasteiger partial charge is 0.409 e. The predicted octanol–water partition coefficient (Wildman–Crippen LogP) is 1.61. The molecule has 20 heavy (non-hydrogen) atoms. The Balaban J connectivity index is 2.85. The fraction of sp³-hybridized carbons (Fsp3) is 0.857. The van der Waals surface area contributed by atoms with Gasteiger partial charge in [0.1, 0.15) is 5.41 Å². The molecule has 1 amide bonds. The van der Waals surface area contributed by atoms with Crippen LogP contribution in [0, 0.1) is 5.41 Å². The molecule has 4 N–H and O–H groups in total. The molecule has 1 fully saturated rings. The molecule has 0 aliphatic heterocycles. The predicted molar refractivity (Wildman–Crippen MR) is 77.6 cm³/mol. The Morgan fingerprint density at radius 2 is 1.90 bits per heavy atom. The lowest BCUT2D eigenvalue weighted by Gasteiger charge is -2.32. The molecule has 1 aliphatic carbocycles. The topological polar surface area (TPSA) is 96.9 Å². The van der Waals surface area contributed by atoms with Crippen molar-refractivity contribution in [3.05, 3.63) is 0 Å². The lowest BCUT2D eigenvalue weighted by molar-refractivity contribution is -0.129. The average Bonchev–Trinajstić information content (AvgIpc) is 2.70. The Hall–Kier alpha value is -1.30. The van der Waals surface area contributed by atoms with Gasteiger partial charge in [-0.25, -0.2) is 0 Å². The van der Waals surface area contributed by atoms with Crippen molar-refractivity contribution in [2.24, 2.45) is 16.3 Å². The molecular weight excluding hydrogens is 258 g/mol. The van der Waals surface area contributed by atoms with Gasteiger partial charge in [-0.05, 0) is 26.7 Å². The second-order valence-corrected chi connectivity index (χ2v) is 6.13. The van der Waals surface area contributed by atoms with Crippen LogP contribution in [-0.2, 0) is 9.53 Å². The molecule has 6 nitrogen and oxygen atoms in total. The van der Waals surface area contributed by atoms with E-state index in [1.165, 1.54) is 0 Å². The summed E-state index contributed by atoms with van der Waals surface area (Å²) in [6.07, 6.45) is 5.24. The van der Waals surface area contributed by atoms with Gasteiger partial charge in [0.25, 0.3) is 0 Å². The summed E-state index contributed by atoms with van der Waals surface area (Å²) in [5, 5.41) is 15.0. The van der Waals surface area contributed by atoms with Gasteiger partial charge in [0.05, 0.1) is 5.60 Å². The van der Waals surface area contributed by atoms with E-state index in [1.54, 1.807) is 7.11 Å². The molecular formula is C14H27N3O3. The number of amides is 1. The molecule has 0 unspecified atom stereocenters. The first-order chi connectivity index (χ1) is 9.38. The van der Waals surface area contributed by atoms with Crippen molar-refractivity contribution in [1.82, 2.24) is 5.32 Å². The third kappa shape index (κ3) is 3.85. The van der Waals surface area contributed by atoms with Crippen LogP contribution in [-0.4, -0.2) is 36.2 Å². The van der Waals surface area contributed by atoms with E-state index in [4.69, 9.17) is 15.7 Å². The van der Waals surface area contributed by atoms with Crippen LogP contribution in [0.3, 0.4) is 0 Å². The van der Waals surface area contributed by atoms with Gasteiger partial charge in [-0.15, -0.1) is 0 Å². The van der Waals surface area contributed by atoms with Gasteiger partial charge in [0, 0.05) is 13.7 Å². The number of rotatable bonds is 5. The fourth-order valence-corrected chi connectivity index (χ4v) is 2.56. The van der Waals surface area contributed by atoms with Gasteiger partial charge in [0.15, 0.2) is 5.84 Å². The maximum absolute atomic E-state index is 12.6. The number of hydrogen-bond donors (Lipinski definition) is 3. The molecule has 1 aliphatic rings. The van der Waals surface area contributed by atoms with Crippen LogP contribution in [0.4, 0.5) is 0 Å². The quantitative estimate of drug-likeness (QED) is 0.235. The van der Waals surface area contributed by atoms with Crippen molar-refractivity contribution in [2.45, 2.75) is 58.0 Å². The highest BCUT2D eigenvalue weighted by Gasteiger charge is 2.43. The van der Waals surface area contributed by atoms with Crippen molar-refractivity contribution in [2.75, 3.05) is 13.7 Å². The first-order valence-electron chi connectivity index (χ1n) is 7.19.